The summed E-state index contributed by atoms with van der Waals surface area (Å²) < 4.78 is 0. The van der Waals surface area contributed by atoms with Gasteiger partial charge in [0.25, 0.3) is 5.91 Å². The number of hydrogen-bond acceptors (Lipinski definition) is 3. The summed E-state index contributed by atoms with van der Waals surface area (Å²) in [5, 5.41) is 7.77. The number of urea groups is 1. The maximum Gasteiger partial charge on any atom is 0.346 e. The number of carbonyl (C=O) groups excluding carboxylic acids is 2. The quantitative estimate of drug-likeness (QED) is 0.673. The zero-order chi connectivity index (χ0) is 17.9. The Hall–Kier alpha value is -2.95. The molecule has 3 amide bonds. The molecule has 5 heteroatoms. The second-order valence-corrected chi connectivity index (χ2v) is 6.52. The lowest BCUT2D eigenvalue weighted by Gasteiger charge is -2.20. The van der Waals surface area contributed by atoms with E-state index in [0.29, 0.717) is 12.8 Å². The second kappa shape index (κ2) is 6.89. The van der Waals surface area contributed by atoms with Crippen LogP contribution in [0.5, 0.6) is 0 Å². The third kappa shape index (κ3) is 3.76. The molecule has 0 aliphatic carbocycles. The molecule has 0 radical (unpaired) electrons. The van der Waals surface area contributed by atoms with Crippen molar-refractivity contribution in [2.24, 2.45) is 5.10 Å². The number of nitrogens with zero attached hydrogens (tertiary/aromatic N) is 2. The lowest BCUT2D eigenvalue weighted by atomic mass is 9.93. The molecule has 1 heterocycles. The maximum atomic E-state index is 12.7. The van der Waals surface area contributed by atoms with Crippen LogP contribution in [0.2, 0.25) is 0 Å². The molecule has 1 aliphatic rings. The summed E-state index contributed by atoms with van der Waals surface area (Å²) >= 11 is 0. The van der Waals surface area contributed by atoms with Gasteiger partial charge in [-0.3, -0.25) is 4.79 Å². The van der Waals surface area contributed by atoms with Crippen molar-refractivity contribution < 1.29 is 9.59 Å². The lowest BCUT2D eigenvalue weighted by molar-refractivity contribution is -0.130. The van der Waals surface area contributed by atoms with Gasteiger partial charge in [0, 0.05) is 0 Å². The first-order valence-corrected chi connectivity index (χ1v) is 8.29. The highest BCUT2D eigenvalue weighted by molar-refractivity contribution is 6.07. The van der Waals surface area contributed by atoms with Crippen molar-refractivity contribution in [3.8, 4) is 0 Å². The van der Waals surface area contributed by atoms with Crippen LogP contribution in [-0.2, 0) is 11.2 Å². The topological polar surface area (TPSA) is 61.8 Å². The molecule has 128 valence electrons. The average Bonchev–Trinajstić information content (AvgIpc) is 2.83. The molecule has 0 aromatic heterocycles. The Balaban J connectivity index is 1.69. The van der Waals surface area contributed by atoms with E-state index in [1.165, 1.54) is 6.21 Å². The SMILES string of the molecule is Cc1ccc(/C=N\N2C(=O)N[C@@](C)(CCc3ccccc3)C2=O)cc1. The van der Waals surface area contributed by atoms with Gasteiger partial charge in [0.05, 0.1) is 6.21 Å². The Labute approximate surface area is 147 Å². The van der Waals surface area contributed by atoms with E-state index in [1.54, 1.807) is 6.92 Å². The van der Waals surface area contributed by atoms with E-state index in [-0.39, 0.29) is 5.91 Å². The summed E-state index contributed by atoms with van der Waals surface area (Å²) in [5.41, 5.74) is 2.18. The first-order valence-electron chi connectivity index (χ1n) is 8.29. The van der Waals surface area contributed by atoms with Gasteiger partial charge in [0.15, 0.2) is 0 Å². The van der Waals surface area contributed by atoms with Crippen LogP contribution in [0.15, 0.2) is 59.7 Å². The fourth-order valence-corrected chi connectivity index (χ4v) is 2.76. The Morgan fingerprint density at radius 1 is 1.08 bits per heavy atom. The summed E-state index contributed by atoms with van der Waals surface area (Å²) in [6.45, 7) is 3.74. The summed E-state index contributed by atoms with van der Waals surface area (Å²) in [5.74, 6) is -0.322. The summed E-state index contributed by atoms with van der Waals surface area (Å²) in [6.07, 6.45) is 2.76. The number of carbonyl (C=O) groups is 2. The zero-order valence-corrected chi connectivity index (χ0v) is 14.4. The van der Waals surface area contributed by atoms with Crippen molar-refractivity contribution in [3.63, 3.8) is 0 Å². The predicted octanol–water partition coefficient (Wildman–Crippen LogP) is 3.27. The first kappa shape index (κ1) is 16.9. The van der Waals surface area contributed by atoms with Crippen LogP contribution >= 0.6 is 0 Å². The van der Waals surface area contributed by atoms with Crippen LogP contribution in [0, 0.1) is 6.92 Å². The molecule has 1 aliphatic heterocycles. The van der Waals surface area contributed by atoms with Crippen LogP contribution < -0.4 is 5.32 Å². The molecule has 2 aromatic carbocycles. The van der Waals surface area contributed by atoms with E-state index in [9.17, 15) is 9.59 Å². The normalized spacial score (nSPS) is 20.3. The molecule has 25 heavy (non-hydrogen) atoms. The summed E-state index contributed by atoms with van der Waals surface area (Å²) in [4.78, 5) is 24.8. The third-order valence-corrected chi connectivity index (χ3v) is 4.40. The molecule has 0 bridgehead atoms. The molecule has 0 unspecified atom stereocenters. The first-order chi connectivity index (χ1) is 12.0. The van der Waals surface area contributed by atoms with Crippen molar-refractivity contribution in [3.05, 3.63) is 71.3 Å². The molecule has 1 fully saturated rings. The van der Waals surface area contributed by atoms with Crippen molar-refractivity contribution in [1.29, 1.82) is 0 Å². The third-order valence-electron chi connectivity index (χ3n) is 4.40. The van der Waals surface area contributed by atoms with Crippen LogP contribution in [-0.4, -0.2) is 28.7 Å². The minimum absolute atomic E-state index is 0.322. The molecular formula is C20H21N3O2. The fourth-order valence-electron chi connectivity index (χ4n) is 2.76. The molecule has 1 atom stereocenters. The molecule has 0 spiro atoms. The largest absolute Gasteiger partial charge is 0.346 e. The molecule has 1 N–H and O–H groups in total. The van der Waals surface area contributed by atoms with E-state index in [4.69, 9.17) is 0 Å². The zero-order valence-electron chi connectivity index (χ0n) is 14.4. The number of nitrogens with one attached hydrogen (secondary N) is 1. The number of hydrazone groups is 1. The van der Waals surface area contributed by atoms with Crippen molar-refractivity contribution in [2.45, 2.75) is 32.2 Å². The summed E-state index contributed by atoms with van der Waals surface area (Å²) in [7, 11) is 0. The van der Waals surface area contributed by atoms with Gasteiger partial charge in [0.2, 0.25) is 0 Å². The number of hydrogen-bond donors (Lipinski definition) is 1. The minimum Gasteiger partial charge on any atom is -0.322 e. The Kier molecular flexibility index (Phi) is 4.65. The highest BCUT2D eigenvalue weighted by atomic mass is 16.2. The van der Waals surface area contributed by atoms with Crippen molar-refractivity contribution in [1.82, 2.24) is 10.3 Å². The number of rotatable bonds is 5. The Morgan fingerprint density at radius 2 is 1.76 bits per heavy atom. The monoisotopic (exact) mass is 335 g/mol. The molecule has 2 aromatic rings. The molecule has 0 saturated carbocycles. The maximum absolute atomic E-state index is 12.7. The van der Waals surface area contributed by atoms with Crippen molar-refractivity contribution in [2.75, 3.05) is 0 Å². The van der Waals surface area contributed by atoms with E-state index >= 15 is 0 Å². The second-order valence-electron chi connectivity index (χ2n) is 6.52. The van der Waals surface area contributed by atoms with Gasteiger partial charge in [0.1, 0.15) is 5.54 Å². The van der Waals surface area contributed by atoms with Gasteiger partial charge in [-0.15, -0.1) is 5.01 Å². The Morgan fingerprint density at radius 3 is 2.44 bits per heavy atom. The van der Waals surface area contributed by atoms with Gasteiger partial charge in [-0.05, 0) is 37.8 Å². The number of imide groups is 1. The average molecular weight is 335 g/mol. The number of aryl methyl sites for hydroxylation is 2. The van der Waals surface area contributed by atoms with E-state index < -0.39 is 11.6 Å². The predicted molar refractivity (Wildman–Crippen MR) is 97.3 cm³/mol. The standard InChI is InChI=1S/C20H21N3O2/c1-15-8-10-17(11-9-15)14-21-23-18(24)20(2,22-19(23)25)13-12-16-6-4-3-5-7-16/h3-11,14H,12-13H2,1-2H3,(H,22,25)/b21-14-/t20-/m0/s1. The van der Waals surface area contributed by atoms with Crippen molar-refractivity contribution >= 4 is 18.2 Å². The minimum atomic E-state index is -0.933. The molecule has 1 saturated heterocycles. The fraction of sp³-hybridized carbons (Fsp3) is 0.250. The number of amides is 3. The van der Waals surface area contributed by atoms with Crippen LogP contribution in [0.4, 0.5) is 4.79 Å². The van der Waals surface area contributed by atoms with Crippen LogP contribution in [0.1, 0.15) is 30.0 Å². The van der Waals surface area contributed by atoms with Crippen LogP contribution in [0.25, 0.3) is 0 Å². The lowest BCUT2D eigenvalue weighted by Crippen LogP contribution is -2.44. The highest BCUT2D eigenvalue weighted by Gasteiger charge is 2.47. The van der Waals surface area contributed by atoms with Gasteiger partial charge in [-0.25, -0.2) is 4.79 Å². The van der Waals surface area contributed by atoms with Gasteiger partial charge >= 0.3 is 6.03 Å². The highest BCUT2D eigenvalue weighted by Crippen LogP contribution is 2.23. The number of benzene rings is 2. The van der Waals surface area contributed by atoms with E-state index in [0.717, 1.165) is 21.7 Å². The smallest absolute Gasteiger partial charge is 0.322 e. The van der Waals surface area contributed by atoms with Gasteiger partial charge in [-0.2, -0.15) is 5.10 Å². The molecular weight excluding hydrogens is 314 g/mol. The van der Waals surface area contributed by atoms with Gasteiger partial charge in [-0.1, -0.05) is 60.2 Å². The summed E-state index contributed by atoms with van der Waals surface area (Å²) in [6, 6.07) is 17.1. The molecule has 5 nitrogen and oxygen atoms in total. The van der Waals surface area contributed by atoms with E-state index in [1.807, 2.05) is 61.5 Å². The Bertz CT molecular complexity index is 799. The van der Waals surface area contributed by atoms with E-state index in [2.05, 4.69) is 10.4 Å². The van der Waals surface area contributed by atoms with Gasteiger partial charge < -0.3 is 5.32 Å². The van der Waals surface area contributed by atoms with Crippen LogP contribution in [0.3, 0.4) is 0 Å². The molecule has 3 rings (SSSR count).